The highest BCUT2D eigenvalue weighted by molar-refractivity contribution is 5.80. The average Bonchev–Trinajstić information content (AvgIpc) is 2.02. The van der Waals surface area contributed by atoms with Gasteiger partial charge in [0.05, 0.1) is 0 Å². The van der Waals surface area contributed by atoms with Crippen LogP contribution in [-0.2, 0) is 9.53 Å². The van der Waals surface area contributed by atoms with Crippen molar-refractivity contribution in [1.82, 2.24) is 0 Å². The smallest absolute Gasteiger partial charge is 0.135 e. The molecule has 2 nitrogen and oxygen atoms in total. The number of hydrogen-bond donors (Lipinski definition) is 0. The summed E-state index contributed by atoms with van der Waals surface area (Å²) in [6.45, 7) is 11.7. The molecule has 0 bridgehead atoms. The third-order valence-electron chi connectivity index (χ3n) is 2.05. The van der Waals surface area contributed by atoms with Crippen LogP contribution in [0, 0.1) is 17.8 Å². The largest absolute Gasteiger partial charge is 0.381 e. The molecule has 0 aliphatic rings. The van der Waals surface area contributed by atoms with E-state index in [1.165, 1.54) is 0 Å². The van der Waals surface area contributed by atoms with E-state index < -0.39 is 0 Å². The fourth-order valence-electron chi connectivity index (χ4n) is 1.14. The fourth-order valence-corrected chi connectivity index (χ4v) is 1.14. The van der Waals surface area contributed by atoms with Crippen molar-refractivity contribution in [3.63, 3.8) is 0 Å². The van der Waals surface area contributed by atoms with E-state index >= 15 is 0 Å². The van der Waals surface area contributed by atoms with Gasteiger partial charge in [-0.3, -0.25) is 4.79 Å². The first kappa shape index (κ1) is 13.6. The van der Waals surface area contributed by atoms with Crippen LogP contribution >= 0.6 is 0 Å². The van der Waals surface area contributed by atoms with Crippen molar-refractivity contribution < 1.29 is 9.53 Å². The van der Waals surface area contributed by atoms with Crippen LogP contribution in [0.2, 0.25) is 0 Å². The minimum atomic E-state index is 0.155. The predicted molar refractivity (Wildman–Crippen MR) is 59.3 cm³/mol. The molecule has 0 aliphatic carbocycles. The maximum Gasteiger partial charge on any atom is 0.135 e. The summed E-state index contributed by atoms with van der Waals surface area (Å²) in [7, 11) is 0. The number of carbonyl (C=O) groups is 1. The van der Waals surface area contributed by atoms with Crippen LogP contribution in [0.15, 0.2) is 0 Å². The van der Waals surface area contributed by atoms with Gasteiger partial charge in [0, 0.05) is 25.6 Å². The van der Waals surface area contributed by atoms with Gasteiger partial charge in [-0.2, -0.15) is 0 Å². The number of hydrogen-bond acceptors (Lipinski definition) is 2. The number of carbonyl (C=O) groups excluding carboxylic acids is 1. The molecule has 0 aromatic rings. The van der Waals surface area contributed by atoms with Crippen LogP contribution in [0.5, 0.6) is 0 Å². The van der Waals surface area contributed by atoms with Crippen molar-refractivity contribution >= 4 is 5.78 Å². The average molecular weight is 200 g/mol. The van der Waals surface area contributed by atoms with Crippen LogP contribution in [-0.4, -0.2) is 19.0 Å². The first-order valence-corrected chi connectivity index (χ1v) is 5.54. The third kappa shape index (κ3) is 7.07. The monoisotopic (exact) mass is 200 g/mol. The van der Waals surface area contributed by atoms with Gasteiger partial charge < -0.3 is 4.74 Å². The summed E-state index contributed by atoms with van der Waals surface area (Å²) in [6.07, 6.45) is 0.649. The summed E-state index contributed by atoms with van der Waals surface area (Å²) in [4.78, 5) is 11.4. The topological polar surface area (TPSA) is 26.3 Å². The summed E-state index contributed by atoms with van der Waals surface area (Å²) < 4.78 is 5.49. The zero-order chi connectivity index (χ0) is 11.1. The van der Waals surface area contributed by atoms with E-state index in [2.05, 4.69) is 20.8 Å². The zero-order valence-corrected chi connectivity index (χ0v) is 10.2. The maximum absolute atomic E-state index is 11.4. The molecule has 0 radical (unpaired) electrons. The molecule has 84 valence electrons. The van der Waals surface area contributed by atoms with Crippen molar-refractivity contribution in [1.29, 1.82) is 0 Å². The Labute approximate surface area is 88.0 Å². The lowest BCUT2D eigenvalue weighted by Crippen LogP contribution is -2.16. The van der Waals surface area contributed by atoms with Crippen molar-refractivity contribution in [2.45, 2.75) is 41.0 Å². The molecule has 0 saturated carbocycles. The molecule has 0 N–H and O–H groups in total. The van der Waals surface area contributed by atoms with Gasteiger partial charge in [0.2, 0.25) is 0 Å². The Hall–Kier alpha value is -0.370. The Morgan fingerprint density at radius 1 is 1.07 bits per heavy atom. The van der Waals surface area contributed by atoms with E-state index in [1.54, 1.807) is 0 Å². The molecule has 14 heavy (non-hydrogen) atoms. The van der Waals surface area contributed by atoms with Crippen LogP contribution in [0.4, 0.5) is 0 Å². The molecule has 1 atom stereocenters. The van der Waals surface area contributed by atoms with Gasteiger partial charge in [-0.15, -0.1) is 0 Å². The lowest BCUT2D eigenvalue weighted by Gasteiger charge is -2.13. The van der Waals surface area contributed by atoms with Crippen LogP contribution in [0.3, 0.4) is 0 Å². The zero-order valence-electron chi connectivity index (χ0n) is 10.2. The Bertz CT molecular complexity index is 162. The van der Waals surface area contributed by atoms with Crippen molar-refractivity contribution in [3.8, 4) is 0 Å². The van der Waals surface area contributed by atoms with Gasteiger partial charge in [-0.25, -0.2) is 0 Å². The number of Topliss-reactive ketones (excluding diaryl/α,β-unsaturated/α-hetero) is 1. The van der Waals surface area contributed by atoms with Gasteiger partial charge in [0.25, 0.3) is 0 Å². The molecule has 0 saturated heterocycles. The first-order valence-electron chi connectivity index (χ1n) is 5.54. The highest BCUT2D eigenvalue weighted by Gasteiger charge is 2.12. The normalized spacial score (nSPS) is 13.6. The summed E-state index contributed by atoms with van der Waals surface area (Å²) in [5, 5.41) is 0. The van der Waals surface area contributed by atoms with E-state index in [0.717, 1.165) is 6.61 Å². The minimum Gasteiger partial charge on any atom is -0.381 e. The van der Waals surface area contributed by atoms with Crippen molar-refractivity contribution in [2.24, 2.45) is 17.8 Å². The second-order valence-corrected chi connectivity index (χ2v) is 4.86. The molecule has 0 heterocycles. The highest BCUT2D eigenvalue weighted by Crippen LogP contribution is 2.09. The maximum atomic E-state index is 11.4. The van der Waals surface area contributed by atoms with Crippen molar-refractivity contribution in [2.75, 3.05) is 13.2 Å². The van der Waals surface area contributed by atoms with E-state index in [4.69, 9.17) is 4.74 Å². The van der Waals surface area contributed by atoms with Gasteiger partial charge in [-0.1, -0.05) is 34.6 Å². The molecule has 0 aromatic carbocycles. The molecule has 0 fully saturated rings. The van der Waals surface area contributed by atoms with Gasteiger partial charge in [-0.05, 0) is 11.8 Å². The van der Waals surface area contributed by atoms with Crippen LogP contribution in [0.25, 0.3) is 0 Å². The van der Waals surface area contributed by atoms with E-state index in [-0.39, 0.29) is 5.92 Å². The van der Waals surface area contributed by atoms with Crippen LogP contribution < -0.4 is 0 Å². The molecule has 2 heteroatoms. The minimum absolute atomic E-state index is 0.155. The van der Waals surface area contributed by atoms with E-state index in [9.17, 15) is 4.79 Å². The summed E-state index contributed by atoms with van der Waals surface area (Å²) in [6, 6.07) is 0. The van der Waals surface area contributed by atoms with Crippen LogP contribution in [0.1, 0.15) is 41.0 Å². The number of ketones is 1. The fraction of sp³-hybridized carbons (Fsp3) is 0.917. The summed E-state index contributed by atoms with van der Waals surface area (Å²) >= 11 is 0. The van der Waals surface area contributed by atoms with Gasteiger partial charge in [0.1, 0.15) is 5.78 Å². The Morgan fingerprint density at radius 3 is 2.07 bits per heavy atom. The Kier molecular flexibility index (Phi) is 6.81. The summed E-state index contributed by atoms with van der Waals surface area (Å²) in [5.41, 5.74) is 0. The number of ether oxygens (including phenoxy) is 1. The predicted octanol–water partition coefficient (Wildman–Crippen LogP) is 2.91. The second-order valence-electron chi connectivity index (χ2n) is 4.86. The summed E-state index contributed by atoms with van der Waals surface area (Å²) in [5.74, 6) is 1.42. The van der Waals surface area contributed by atoms with Gasteiger partial charge >= 0.3 is 0 Å². The Balaban J connectivity index is 3.55. The molecule has 0 aromatic heterocycles. The molecular formula is C12H24O2. The molecule has 0 aliphatic heterocycles. The third-order valence-corrected chi connectivity index (χ3v) is 2.05. The number of rotatable bonds is 7. The van der Waals surface area contributed by atoms with E-state index in [0.29, 0.717) is 30.6 Å². The SMILES string of the molecule is CC(C)COC[C@H](C)CC(=O)C(C)C. The molecule has 0 rings (SSSR count). The lowest BCUT2D eigenvalue weighted by atomic mass is 9.98. The van der Waals surface area contributed by atoms with Gasteiger partial charge in [0.15, 0.2) is 0 Å². The second kappa shape index (κ2) is 6.99. The molecular weight excluding hydrogens is 176 g/mol. The molecule has 0 amide bonds. The molecule has 0 unspecified atom stereocenters. The molecule has 0 spiro atoms. The highest BCUT2D eigenvalue weighted by atomic mass is 16.5. The Morgan fingerprint density at radius 2 is 1.64 bits per heavy atom. The first-order chi connectivity index (χ1) is 6.43. The quantitative estimate of drug-likeness (QED) is 0.631. The van der Waals surface area contributed by atoms with Crippen molar-refractivity contribution in [3.05, 3.63) is 0 Å². The standard InChI is InChI=1S/C12H24O2/c1-9(2)7-14-8-11(5)6-12(13)10(3)4/h9-11H,6-8H2,1-5H3/t11-/m1/s1. The lowest BCUT2D eigenvalue weighted by molar-refractivity contribution is -0.123. The van der Waals surface area contributed by atoms with E-state index in [1.807, 2.05) is 13.8 Å².